The summed E-state index contributed by atoms with van der Waals surface area (Å²) in [5.74, 6) is -2.93. The zero-order valence-electron chi connectivity index (χ0n) is 6.15. The third kappa shape index (κ3) is 2.84. The summed E-state index contributed by atoms with van der Waals surface area (Å²) in [7, 11) is 0. The molecular weight excluding hydrogens is 221 g/mol. The minimum Gasteiger partial charge on any atom is -0.545 e. The Labute approximate surface area is 83.6 Å². The topological polar surface area (TPSA) is 93.2 Å². The SMILES string of the molecule is O=C([O-])c1cncc(C(=O)[O-])c1.[Co+2]. The van der Waals surface area contributed by atoms with Crippen LogP contribution in [0, 0.1) is 0 Å². The van der Waals surface area contributed by atoms with Crippen LogP contribution < -0.4 is 10.2 Å². The number of hydrogen-bond donors (Lipinski definition) is 0. The molecule has 1 aromatic rings. The first-order chi connectivity index (χ1) is 5.61. The van der Waals surface area contributed by atoms with Crippen LogP contribution in [0.2, 0.25) is 0 Å². The normalized spacial score (nSPS) is 8.62. The number of pyridine rings is 1. The van der Waals surface area contributed by atoms with E-state index < -0.39 is 11.9 Å². The van der Waals surface area contributed by atoms with Gasteiger partial charge in [-0.3, -0.25) is 4.98 Å². The molecule has 1 rings (SSSR count). The fourth-order valence-corrected chi connectivity index (χ4v) is 0.663. The number of nitrogens with zero attached hydrogens (tertiary/aromatic N) is 1. The van der Waals surface area contributed by atoms with Crippen LogP contribution in [0.3, 0.4) is 0 Å². The van der Waals surface area contributed by atoms with Gasteiger partial charge in [0.05, 0.1) is 11.9 Å². The summed E-state index contributed by atoms with van der Waals surface area (Å²) in [5.41, 5.74) is -0.562. The van der Waals surface area contributed by atoms with Crippen molar-refractivity contribution in [3.05, 3.63) is 29.6 Å². The fourth-order valence-electron chi connectivity index (χ4n) is 0.663. The van der Waals surface area contributed by atoms with Gasteiger partial charge >= 0.3 is 16.8 Å². The minimum atomic E-state index is -1.47. The summed E-state index contributed by atoms with van der Waals surface area (Å²) < 4.78 is 0. The molecule has 0 aliphatic rings. The molecule has 1 aromatic heterocycles. The van der Waals surface area contributed by atoms with Gasteiger partial charge in [0.15, 0.2) is 0 Å². The van der Waals surface area contributed by atoms with E-state index >= 15 is 0 Å². The molecule has 0 fully saturated rings. The molecule has 13 heavy (non-hydrogen) atoms. The third-order valence-corrected chi connectivity index (χ3v) is 1.21. The Morgan fingerprint density at radius 1 is 1.08 bits per heavy atom. The number of carboxylic acid groups (broad SMARTS) is 2. The zero-order valence-corrected chi connectivity index (χ0v) is 7.19. The summed E-state index contributed by atoms with van der Waals surface area (Å²) >= 11 is 0. The summed E-state index contributed by atoms with van der Waals surface area (Å²) in [6.45, 7) is 0. The summed E-state index contributed by atoms with van der Waals surface area (Å²) in [6, 6.07) is 0.928. The van der Waals surface area contributed by atoms with E-state index in [-0.39, 0.29) is 27.9 Å². The van der Waals surface area contributed by atoms with Crippen LogP contribution in [0.1, 0.15) is 20.7 Å². The Bertz CT molecular complexity index is 310. The molecule has 1 radical (unpaired) electrons. The molecule has 1 heterocycles. The molecule has 0 bridgehead atoms. The molecule has 0 amide bonds. The smallest absolute Gasteiger partial charge is 0.545 e. The van der Waals surface area contributed by atoms with E-state index in [2.05, 4.69) is 4.98 Å². The molecule has 0 spiro atoms. The Morgan fingerprint density at radius 3 is 1.77 bits per heavy atom. The first kappa shape index (κ1) is 11.6. The van der Waals surface area contributed by atoms with E-state index in [1.165, 1.54) is 0 Å². The first-order valence-corrected chi connectivity index (χ1v) is 2.99. The van der Waals surface area contributed by atoms with Gasteiger partial charge in [-0.25, -0.2) is 0 Å². The van der Waals surface area contributed by atoms with Crippen LogP contribution in [0.15, 0.2) is 18.5 Å². The van der Waals surface area contributed by atoms with E-state index in [0.717, 1.165) is 18.5 Å². The van der Waals surface area contributed by atoms with E-state index in [1.54, 1.807) is 0 Å². The van der Waals surface area contributed by atoms with Crippen LogP contribution in [-0.2, 0) is 16.8 Å². The number of rotatable bonds is 2. The van der Waals surface area contributed by atoms with Gasteiger partial charge in [-0.1, -0.05) is 0 Å². The van der Waals surface area contributed by atoms with Crippen molar-refractivity contribution in [3.63, 3.8) is 0 Å². The van der Waals surface area contributed by atoms with Gasteiger partial charge in [0.1, 0.15) is 0 Å². The average Bonchev–Trinajstić information content (AvgIpc) is 2.04. The van der Waals surface area contributed by atoms with Crippen molar-refractivity contribution in [2.75, 3.05) is 0 Å². The van der Waals surface area contributed by atoms with Crippen LogP contribution in [0.5, 0.6) is 0 Å². The van der Waals surface area contributed by atoms with E-state index in [4.69, 9.17) is 0 Å². The molecule has 0 atom stereocenters. The van der Waals surface area contributed by atoms with Gasteiger partial charge in [0.2, 0.25) is 0 Å². The van der Waals surface area contributed by atoms with Gasteiger partial charge in [0, 0.05) is 23.5 Å². The molecule has 0 aliphatic heterocycles. The first-order valence-electron chi connectivity index (χ1n) is 2.99. The predicted molar refractivity (Wildman–Crippen MR) is 32.9 cm³/mol. The summed E-state index contributed by atoms with van der Waals surface area (Å²) in [6.07, 6.45) is 2.00. The maximum atomic E-state index is 10.2. The van der Waals surface area contributed by atoms with E-state index in [1.807, 2.05) is 0 Å². The van der Waals surface area contributed by atoms with Crippen molar-refractivity contribution in [1.82, 2.24) is 4.98 Å². The molecule has 0 unspecified atom stereocenters. The zero-order chi connectivity index (χ0) is 9.14. The van der Waals surface area contributed by atoms with Crippen LogP contribution in [0.25, 0.3) is 0 Å². The van der Waals surface area contributed by atoms with Crippen molar-refractivity contribution in [2.24, 2.45) is 0 Å². The second kappa shape index (κ2) is 4.58. The Hall–Kier alpha value is -1.40. The predicted octanol–water partition coefficient (Wildman–Crippen LogP) is -2.19. The molecule has 0 N–H and O–H groups in total. The number of aromatic carboxylic acids is 2. The van der Waals surface area contributed by atoms with Crippen molar-refractivity contribution < 1.29 is 36.6 Å². The van der Waals surface area contributed by atoms with Gasteiger partial charge in [0.25, 0.3) is 0 Å². The van der Waals surface area contributed by atoms with Gasteiger partial charge < -0.3 is 19.8 Å². The molecule has 0 saturated heterocycles. The minimum absolute atomic E-state index is 0. The number of hydrogen-bond acceptors (Lipinski definition) is 5. The number of carbonyl (C=O) groups is 2. The van der Waals surface area contributed by atoms with Gasteiger partial charge in [-0.2, -0.15) is 0 Å². The van der Waals surface area contributed by atoms with E-state index in [0.29, 0.717) is 0 Å². The van der Waals surface area contributed by atoms with Gasteiger partial charge in [-0.15, -0.1) is 0 Å². The standard InChI is InChI=1S/C7H5NO4.Co/c9-6(10)4-1-5(7(11)12)3-8-2-4;/h1-3H,(H,9,10)(H,11,12);/q;+2/p-2. The maximum Gasteiger partial charge on any atom is 2.00 e. The molecule has 6 heteroatoms. The van der Waals surface area contributed by atoms with Crippen molar-refractivity contribution in [3.8, 4) is 0 Å². The number of aromatic nitrogens is 1. The van der Waals surface area contributed by atoms with Crippen molar-refractivity contribution in [1.29, 1.82) is 0 Å². The second-order valence-corrected chi connectivity index (χ2v) is 2.04. The molecule has 0 saturated carbocycles. The monoisotopic (exact) mass is 224 g/mol. The van der Waals surface area contributed by atoms with E-state index in [9.17, 15) is 19.8 Å². The van der Waals surface area contributed by atoms with Crippen LogP contribution in [-0.4, -0.2) is 16.9 Å². The molecule has 0 aliphatic carbocycles. The van der Waals surface area contributed by atoms with Crippen molar-refractivity contribution in [2.45, 2.75) is 0 Å². The molecule has 5 nitrogen and oxygen atoms in total. The number of carbonyl (C=O) groups excluding carboxylic acids is 2. The van der Waals surface area contributed by atoms with Crippen molar-refractivity contribution >= 4 is 11.9 Å². The average molecular weight is 224 g/mol. The van der Waals surface area contributed by atoms with Gasteiger partial charge in [-0.05, 0) is 6.07 Å². The Balaban J connectivity index is 0.00000144. The maximum absolute atomic E-state index is 10.2. The largest absolute Gasteiger partial charge is 2.00 e. The summed E-state index contributed by atoms with van der Waals surface area (Å²) in [5, 5.41) is 20.4. The fraction of sp³-hybridized carbons (Fsp3) is 0. The quantitative estimate of drug-likeness (QED) is 0.568. The molecular formula is C7H3CoNO4. The second-order valence-electron chi connectivity index (χ2n) is 2.04. The number of carboxylic acids is 2. The molecule has 69 valence electrons. The Morgan fingerprint density at radius 2 is 1.46 bits per heavy atom. The summed E-state index contributed by atoms with van der Waals surface area (Å²) in [4.78, 5) is 23.8. The third-order valence-electron chi connectivity index (χ3n) is 1.21. The van der Waals surface area contributed by atoms with Crippen LogP contribution >= 0.6 is 0 Å². The molecule has 0 aromatic carbocycles. The van der Waals surface area contributed by atoms with Crippen LogP contribution in [0.4, 0.5) is 0 Å². The Kier molecular flexibility index (Phi) is 4.09.